The maximum absolute atomic E-state index is 14.0. The van der Waals surface area contributed by atoms with Crippen molar-refractivity contribution in [2.75, 3.05) is 13.1 Å². The number of benzene rings is 2. The Morgan fingerprint density at radius 1 is 1.11 bits per heavy atom. The van der Waals surface area contributed by atoms with Crippen LogP contribution in [0, 0.1) is 11.6 Å². The second-order valence-corrected chi connectivity index (χ2v) is 8.03. The Kier molecular flexibility index (Phi) is 5.37. The van der Waals surface area contributed by atoms with Gasteiger partial charge in [-0.05, 0) is 37.1 Å². The van der Waals surface area contributed by atoms with Crippen LogP contribution in [0.15, 0.2) is 42.5 Å². The summed E-state index contributed by atoms with van der Waals surface area (Å²) < 4.78 is 27.1. The van der Waals surface area contributed by atoms with E-state index < -0.39 is 11.6 Å². The minimum absolute atomic E-state index is 0.0737. The van der Waals surface area contributed by atoms with Crippen LogP contribution in [-0.2, 0) is 0 Å². The molecule has 0 bridgehead atoms. The van der Waals surface area contributed by atoms with E-state index in [1.165, 1.54) is 23.5 Å². The van der Waals surface area contributed by atoms with Crippen molar-refractivity contribution < 1.29 is 13.6 Å². The lowest BCUT2D eigenvalue weighted by Gasteiger charge is -2.31. The molecule has 0 radical (unpaired) electrons. The average molecular weight is 420 g/mol. The van der Waals surface area contributed by atoms with Crippen molar-refractivity contribution in [3.63, 3.8) is 0 Å². The molecule has 8 heteroatoms. The monoisotopic (exact) mass is 419 g/mol. The van der Waals surface area contributed by atoms with E-state index >= 15 is 0 Å². The van der Waals surface area contributed by atoms with Gasteiger partial charge in [0.05, 0.1) is 10.6 Å². The van der Waals surface area contributed by atoms with Crippen molar-refractivity contribution in [1.29, 1.82) is 0 Å². The van der Waals surface area contributed by atoms with Crippen molar-refractivity contribution in [2.24, 2.45) is 0 Å². The van der Waals surface area contributed by atoms with Crippen molar-refractivity contribution in [3.8, 4) is 10.6 Å². The lowest BCUT2D eigenvalue weighted by Crippen LogP contribution is -2.38. The Labute approximate surface area is 169 Å². The first-order valence-corrected chi connectivity index (χ1v) is 10.0. The zero-order valence-corrected chi connectivity index (χ0v) is 16.3. The highest BCUT2D eigenvalue weighted by molar-refractivity contribution is 7.14. The number of aromatic nitrogens is 2. The van der Waals surface area contributed by atoms with Crippen LogP contribution >= 0.6 is 22.9 Å². The van der Waals surface area contributed by atoms with Crippen LogP contribution in [0.1, 0.15) is 34.1 Å². The maximum Gasteiger partial charge on any atom is 0.255 e. The molecule has 0 unspecified atom stereocenters. The molecule has 3 aromatic rings. The minimum atomic E-state index is -0.650. The topological polar surface area (TPSA) is 46.1 Å². The third-order valence-electron chi connectivity index (χ3n) is 4.84. The predicted octanol–water partition coefficient (Wildman–Crippen LogP) is 5.16. The molecule has 4 rings (SSSR count). The summed E-state index contributed by atoms with van der Waals surface area (Å²) in [5.41, 5.74) is 0.754. The Bertz CT molecular complexity index is 1020. The molecule has 2 heterocycles. The van der Waals surface area contributed by atoms with Crippen LogP contribution in [0.5, 0.6) is 0 Å². The summed E-state index contributed by atoms with van der Waals surface area (Å²) in [4.78, 5) is 14.5. The van der Waals surface area contributed by atoms with Crippen LogP contribution in [0.25, 0.3) is 10.6 Å². The second-order valence-electron chi connectivity index (χ2n) is 6.62. The van der Waals surface area contributed by atoms with E-state index in [1.54, 1.807) is 29.2 Å². The number of carbonyl (C=O) groups is 1. The van der Waals surface area contributed by atoms with Crippen molar-refractivity contribution in [2.45, 2.75) is 18.8 Å². The lowest BCUT2D eigenvalue weighted by molar-refractivity contribution is 0.0713. The van der Waals surface area contributed by atoms with E-state index in [0.29, 0.717) is 28.7 Å². The second kappa shape index (κ2) is 7.93. The van der Waals surface area contributed by atoms with E-state index in [4.69, 9.17) is 11.6 Å². The summed E-state index contributed by atoms with van der Waals surface area (Å²) in [6.45, 7) is 1.18. The molecule has 1 aliphatic rings. The number of likely N-dealkylation sites (tertiary alicyclic amines) is 1. The first-order valence-electron chi connectivity index (χ1n) is 8.85. The third kappa shape index (κ3) is 3.77. The highest BCUT2D eigenvalue weighted by atomic mass is 35.5. The molecule has 0 N–H and O–H groups in total. The number of rotatable bonds is 3. The zero-order chi connectivity index (χ0) is 19.7. The number of hydrogen-bond donors (Lipinski definition) is 0. The van der Waals surface area contributed by atoms with Crippen LogP contribution in [0.3, 0.4) is 0 Å². The van der Waals surface area contributed by atoms with E-state index in [9.17, 15) is 13.6 Å². The number of nitrogens with zero attached hydrogens (tertiary/aromatic N) is 3. The lowest BCUT2D eigenvalue weighted by atomic mass is 9.97. The molecule has 0 aliphatic carbocycles. The third-order valence-corrected chi connectivity index (χ3v) is 6.29. The summed E-state index contributed by atoms with van der Waals surface area (Å²) >= 11 is 7.44. The molecule has 1 amide bonds. The molecule has 0 atom stereocenters. The van der Waals surface area contributed by atoms with Gasteiger partial charge in [-0.3, -0.25) is 4.79 Å². The summed E-state index contributed by atoms with van der Waals surface area (Å²) in [5.74, 6) is -1.19. The van der Waals surface area contributed by atoms with Gasteiger partial charge >= 0.3 is 0 Å². The first-order chi connectivity index (χ1) is 13.5. The van der Waals surface area contributed by atoms with Gasteiger partial charge in [0, 0.05) is 30.6 Å². The van der Waals surface area contributed by atoms with Gasteiger partial charge in [0.25, 0.3) is 5.91 Å². The van der Waals surface area contributed by atoms with Gasteiger partial charge in [0.2, 0.25) is 0 Å². The van der Waals surface area contributed by atoms with Crippen molar-refractivity contribution in [1.82, 2.24) is 15.1 Å². The Morgan fingerprint density at radius 2 is 1.86 bits per heavy atom. The number of hydrogen-bond acceptors (Lipinski definition) is 4. The molecule has 0 spiro atoms. The summed E-state index contributed by atoms with van der Waals surface area (Å²) in [6.07, 6.45) is 1.49. The summed E-state index contributed by atoms with van der Waals surface area (Å²) in [7, 11) is 0. The van der Waals surface area contributed by atoms with E-state index in [-0.39, 0.29) is 17.4 Å². The average Bonchev–Trinajstić information content (AvgIpc) is 3.18. The smallest absolute Gasteiger partial charge is 0.255 e. The maximum atomic E-state index is 14.0. The molecule has 1 aliphatic heterocycles. The van der Waals surface area contributed by atoms with Crippen molar-refractivity contribution in [3.05, 3.63) is 69.7 Å². The molecule has 4 nitrogen and oxygen atoms in total. The van der Waals surface area contributed by atoms with Crippen molar-refractivity contribution >= 4 is 28.8 Å². The Morgan fingerprint density at radius 3 is 2.57 bits per heavy atom. The molecule has 1 saturated heterocycles. The fourth-order valence-electron chi connectivity index (χ4n) is 3.31. The Hall–Kier alpha value is -2.38. The molecule has 1 aromatic heterocycles. The zero-order valence-electron chi connectivity index (χ0n) is 14.7. The largest absolute Gasteiger partial charge is 0.339 e. The van der Waals surface area contributed by atoms with Gasteiger partial charge in [-0.2, -0.15) is 0 Å². The highest BCUT2D eigenvalue weighted by Crippen LogP contribution is 2.35. The van der Waals surface area contributed by atoms with Crippen LogP contribution in [0.2, 0.25) is 5.02 Å². The van der Waals surface area contributed by atoms with Gasteiger partial charge in [0.1, 0.15) is 16.6 Å². The molecule has 144 valence electrons. The Balaban J connectivity index is 1.44. The van der Waals surface area contributed by atoms with Gasteiger partial charge in [0.15, 0.2) is 5.01 Å². The molecular formula is C20H16ClF2N3OS. The number of piperidine rings is 1. The minimum Gasteiger partial charge on any atom is -0.339 e. The van der Waals surface area contributed by atoms with Gasteiger partial charge in [-0.1, -0.05) is 35.1 Å². The highest BCUT2D eigenvalue weighted by Gasteiger charge is 2.28. The summed E-state index contributed by atoms with van der Waals surface area (Å²) in [5, 5.41) is 9.97. The van der Waals surface area contributed by atoms with E-state index in [2.05, 4.69) is 10.2 Å². The predicted molar refractivity (Wildman–Crippen MR) is 105 cm³/mol. The van der Waals surface area contributed by atoms with E-state index in [0.717, 1.165) is 23.9 Å². The molecule has 1 fully saturated rings. The van der Waals surface area contributed by atoms with Gasteiger partial charge in [-0.15, -0.1) is 10.2 Å². The first kappa shape index (κ1) is 19.0. The molecule has 2 aromatic carbocycles. The summed E-state index contributed by atoms with van der Waals surface area (Å²) in [6, 6.07) is 10.4. The van der Waals surface area contributed by atoms with Gasteiger partial charge < -0.3 is 4.90 Å². The molecule has 28 heavy (non-hydrogen) atoms. The normalized spacial score (nSPS) is 15.0. The molecular weight excluding hydrogens is 404 g/mol. The van der Waals surface area contributed by atoms with Crippen LogP contribution < -0.4 is 0 Å². The van der Waals surface area contributed by atoms with E-state index in [1.807, 2.05) is 0 Å². The number of halogens is 3. The number of carbonyl (C=O) groups excluding carboxylic acids is 1. The number of amides is 1. The quantitative estimate of drug-likeness (QED) is 0.589. The standard InChI is InChI=1S/C20H16ClF2N3OS/c21-16-4-2-1-3-14(16)20(27)26-9-7-12(8-10-26)18-24-25-19(28-18)15-6-5-13(22)11-17(15)23/h1-6,11-12H,7-10H2. The SMILES string of the molecule is O=C(c1ccccc1Cl)N1CCC(c2nnc(-c3ccc(F)cc3F)s2)CC1. The fourth-order valence-corrected chi connectivity index (χ4v) is 4.56. The fraction of sp³-hybridized carbons (Fsp3) is 0.250. The van der Waals surface area contributed by atoms with Crippen LogP contribution in [0.4, 0.5) is 8.78 Å². The van der Waals surface area contributed by atoms with Gasteiger partial charge in [-0.25, -0.2) is 8.78 Å². The van der Waals surface area contributed by atoms with Crippen LogP contribution in [-0.4, -0.2) is 34.1 Å². The molecule has 0 saturated carbocycles.